The smallest absolute Gasteiger partial charge is 0.0441 e. The fourth-order valence-electron chi connectivity index (χ4n) is 2.51. The van der Waals surface area contributed by atoms with Crippen LogP contribution in [-0.4, -0.2) is 5.75 Å². The van der Waals surface area contributed by atoms with Crippen molar-refractivity contribution in [1.29, 1.82) is 0 Å². The minimum atomic E-state index is 0.0517. The molecule has 2 N–H and O–H groups in total. The maximum atomic E-state index is 6.39. The molecule has 1 aromatic carbocycles. The second kappa shape index (κ2) is 6.10. The van der Waals surface area contributed by atoms with E-state index >= 15 is 0 Å². The lowest BCUT2D eigenvalue weighted by Gasteiger charge is -2.11. The summed E-state index contributed by atoms with van der Waals surface area (Å²) in [6, 6.07) is 8.57. The lowest BCUT2D eigenvalue weighted by Crippen LogP contribution is -2.12. The highest BCUT2D eigenvalue weighted by Crippen LogP contribution is 2.35. The van der Waals surface area contributed by atoms with Crippen molar-refractivity contribution in [3.63, 3.8) is 0 Å². The van der Waals surface area contributed by atoms with Gasteiger partial charge in [0.25, 0.3) is 0 Å². The Hall–Kier alpha value is -0.480. The molecule has 0 fully saturated rings. The Morgan fingerprint density at radius 2 is 2.20 bits per heavy atom. The quantitative estimate of drug-likeness (QED) is 0.882. The summed E-state index contributed by atoms with van der Waals surface area (Å²) in [6.07, 6.45) is 2.01. The normalized spacial score (nSPS) is 15.9. The van der Waals surface area contributed by atoms with Gasteiger partial charge in [-0.25, -0.2) is 0 Å². The van der Waals surface area contributed by atoms with Gasteiger partial charge in [0.15, 0.2) is 0 Å². The summed E-state index contributed by atoms with van der Waals surface area (Å²) in [5.41, 5.74) is 10.2. The van der Waals surface area contributed by atoms with E-state index in [4.69, 9.17) is 17.3 Å². The van der Waals surface area contributed by atoms with Crippen LogP contribution in [0.4, 0.5) is 0 Å². The highest BCUT2D eigenvalue weighted by Gasteiger charge is 2.18. The summed E-state index contributed by atoms with van der Waals surface area (Å²) in [5.74, 6) is 2.38. The van der Waals surface area contributed by atoms with Gasteiger partial charge < -0.3 is 5.73 Å². The number of rotatable bonds is 3. The fourth-order valence-corrected chi connectivity index (χ4v) is 5.20. The van der Waals surface area contributed by atoms with E-state index in [1.54, 1.807) is 0 Å². The van der Waals surface area contributed by atoms with E-state index in [0.717, 1.165) is 22.8 Å². The van der Waals surface area contributed by atoms with E-state index in [1.807, 2.05) is 29.2 Å². The van der Waals surface area contributed by atoms with Crippen molar-refractivity contribution >= 4 is 34.7 Å². The van der Waals surface area contributed by atoms with Crippen molar-refractivity contribution in [3.8, 4) is 0 Å². The number of thiophene rings is 1. The first-order chi connectivity index (χ1) is 9.63. The molecule has 1 unspecified atom stereocenters. The van der Waals surface area contributed by atoms with Crippen LogP contribution in [0.1, 0.15) is 32.5 Å². The standard InChI is InChI=1S/C16H18ClNS2/c1-10-2-3-11(13(17)6-10)7-14(18)16-8-12-9-19-5-4-15(12)20-16/h2-3,6,8,14H,4-5,7,9,18H2,1H3. The van der Waals surface area contributed by atoms with Crippen LogP contribution < -0.4 is 5.73 Å². The average molecular weight is 324 g/mol. The summed E-state index contributed by atoms with van der Waals surface area (Å²) >= 11 is 10.2. The summed E-state index contributed by atoms with van der Waals surface area (Å²) in [6.45, 7) is 2.06. The second-order valence-electron chi connectivity index (χ2n) is 5.31. The molecule has 0 saturated carbocycles. The van der Waals surface area contributed by atoms with Gasteiger partial charge in [-0.1, -0.05) is 23.7 Å². The Bertz CT molecular complexity index is 597. The van der Waals surface area contributed by atoms with Crippen LogP contribution in [0, 0.1) is 6.92 Å². The van der Waals surface area contributed by atoms with E-state index in [0.29, 0.717) is 0 Å². The van der Waals surface area contributed by atoms with Gasteiger partial charge in [0.2, 0.25) is 0 Å². The third kappa shape index (κ3) is 3.06. The molecule has 2 heterocycles. The number of nitrogens with two attached hydrogens (primary N) is 1. The van der Waals surface area contributed by atoms with Crippen molar-refractivity contribution in [2.75, 3.05) is 5.75 Å². The lowest BCUT2D eigenvalue weighted by molar-refractivity contribution is 0.736. The number of benzene rings is 1. The molecule has 20 heavy (non-hydrogen) atoms. The number of hydrogen-bond donors (Lipinski definition) is 1. The van der Waals surface area contributed by atoms with Gasteiger partial charge in [0.1, 0.15) is 0 Å². The first kappa shape index (κ1) is 14.5. The van der Waals surface area contributed by atoms with Crippen LogP contribution in [0.25, 0.3) is 0 Å². The van der Waals surface area contributed by atoms with Gasteiger partial charge in [-0.05, 0) is 54.3 Å². The summed E-state index contributed by atoms with van der Waals surface area (Å²) in [4.78, 5) is 2.83. The highest BCUT2D eigenvalue weighted by atomic mass is 35.5. The molecule has 0 spiro atoms. The fraction of sp³-hybridized carbons (Fsp3) is 0.375. The first-order valence-corrected chi connectivity index (χ1v) is 9.18. The molecule has 106 valence electrons. The average Bonchev–Trinajstić information content (AvgIpc) is 2.86. The molecular weight excluding hydrogens is 306 g/mol. The van der Waals surface area contributed by atoms with Gasteiger partial charge >= 0.3 is 0 Å². The zero-order valence-electron chi connectivity index (χ0n) is 11.5. The molecule has 1 aliphatic rings. The Morgan fingerprint density at radius 3 is 2.95 bits per heavy atom. The zero-order valence-corrected chi connectivity index (χ0v) is 13.9. The minimum Gasteiger partial charge on any atom is -0.323 e. The largest absolute Gasteiger partial charge is 0.323 e. The first-order valence-electron chi connectivity index (χ1n) is 6.83. The maximum Gasteiger partial charge on any atom is 0.0441 e. The van der Waals surface area contributed by atoms with Crippen molar-refractivity contribution < 1.29 is 0 Å². The van der Waals surface area contributed by atoms with Gasteiger partial charge in [0, 0.05) is 26.6 Å². The lowest BCUT2D eigenvalue weighted by atomic mass is 10.0. The van der Waals surface area contributed by atoms with Crippen LogP contribution in [0.5, 0.6) is 0 Å². The Labute approximate surface area is 133 Å². The van der Waals surface area contributed by atoms with Crippen LogP contribution in [0.3, 0.4) is 0 Å². The number of aryl methyl sites for hydroxylation is 2. The molecule has 1 aliphatic heterocycles. The third-order valence-corrected chi connectivity index (χ3v) is 6.39. The van der Waals surface area contributed by atoms with Crippen molar-refractivity contribution in [1.82, 2.24) is 0 Å². The van der Waals surface area contributed by atoms with Crippen LogP contribution in [0.15, 0.2) is 24.3 Å². The van der Waals surface area contributed by atoms with E-state index in [9.17, 15) is 0 Å². The summed E-state index contributed by atoms with van der Waals surface area (Å²) < 4.78 is 0. The Kier molecular flexibility index (Phi) is 4.41. The Balaban J connectivity index is 1.78. The predicted octanol–water partition coefficient (Wildman–Crippen LogP) is 4.74. The molecule has 0 amide bonds. The van der Waals surface area contributed by atoms with E-state index in [-0.39, 0.29) is 6.04 Å². The maximum absolute atomic E-state index is 6.39. The van der Waals surface area contributed by atoms with Gasteiger partial charge in [-0.15, -0.1) is 11.3 Å². The molecule has 1 aromatic heterocycles. The van der Waals surface area contributed by atoms with Crippen LogP contribution in [0.2, 0.25) is 5.02 Å². The summed E-state index contributed by atoms with van der Waals surface area (Å²) in [7, 11) is 0. The molecule has 1 nitrogen and oxygen atoms in total. The highest BCUT2D eigenvalue weighted by molar-refractivity contribution is 7.98. The molecule has 3 rings (SSSR count). The van der Waals surface area contributed by atoms with E-state index in [1.165, 1.54) is 33.1 Å². The zero-order chi connectivity index (χ0) is 14.1. The SMILES string of the molecule is Cc1ccc(CC(N)c2cc3c(s2)CCSC3)c(Cl)c1. The van der Waals surface area contributed by atoms with Gasteiger partial charge in [0.05, 0.1) is 0 Å². The van der Waals surface area contributed by atoms with E-state index < -0.39 is 0 Å². The van der Waals surface area contributed by atoms with Crippen molar-refractivity contribution in [2.24, 2.45) is 5.73 Å². The molecule has 1 atom stereocenters. The predicted molar refractivity (Wildman–Crippen MR) is 91.0 cm³/mol. The minimum absolute atomic E-state index is 0.0517. The molecule has 0 radical (unpaired) electrons. The second-order valence-corrected chi connectivity index (χ2v) is 7.99. The number of hydrogen-bond acceptors (Lipinski definition) is 3. The molecule has 0 saturated heterocycles. The number of fused-ring (bicyclic) bond motifs is 1. The van der Waals surface area contributed by atoms with Gasteiger partial charge in [-0.2, -0.15) is 11.8 Å². The van der Waals surface area contributed by atoms with Gasteiger partial charge in [-0.3, -0.25) is 0 Å². The monoisotopic (exact) mass is 323 g/mol. The van der Waals surface area contributed by atoms with Crippen LogP contribution >= 0.6 is 34.7 Å². The summed E-state index contributed by atoms with van der Waals surface area (Å²) in [5, 5.41) is 0.831. The molecule has 4 heteroatoms. The van der Waals surface area contributed by atoms with Crippen molar-refractivity contribution in [2.45, 2.75) is 31.6 Å². The molecule has 0 aliphatic carbocycles. The Morgan fingerprint density at radius 1 is 1.35 bits per heavy atom. The van der Waals surface area contributed by atoms with Crippen molar-refractivity contribution in [3.05, 3.63) is 55.7 Å². The number of thioether (sulfide) groups is 1. The number of halogens is 1. The molecular formula is C16H18ClNS2. The topological polar surface area (TPSA) is 26.0 Å². The third-order valence-electron chi connectivity index (χ3n) is 3.66. The van der Waals surface area contributed by atoms with E-state index in [2.05, 4.69) is 25.1 Å². The molecule has 0 bridgehead atoms. The van der Waals surface area contributed by atoms with Crippen LogP contribution in [-0.2, 0) is 18.6 Å². The molecule has 2 aromatic rings.